The van der Waals surface area contributed by atoms with Crippen molar-refractivity contribution in [3.8, 4) is 0 Å². The van der Waals surface area contributed by atoms with E-state index in [-0.39, 0.29) is 0 Å². The maximum atomic E-state index is 6.40. The molecule has 4 aliphatic carbocycles. The molecule has 0 amide bonds. The molecule has 3 fully saturated rings. The third-order valence-corrected chi connectivity index (χ3v) is 9.22. The van der Waals surface area contributed by atoms with Crippen LogP contribution in [0.2, 0.25) is 0 Å². The van der Waals surface area contributed by atoms with Crippen LogP contribution in [0.1, 0.15) is 72.1 Å². The third kappa shape index (κ3) is 2.28. The molecule has 136 valence electrons. The lowest BCUT2D eigenvalue weighted by molar-refractivity contribution is -0.0453. The van der Waals surface area contributed by atoms with Crippen LogP contribution in [0.15, 0.2) is 11.6 Å². The Hall–Kier alpha value is -0.340. The van der Waals surface area contributed by atoms with Gasteiger partial charge in [0.25, 0.3) is 0 Å². The molecular formula is C22H38N2. The number of allylic oxidation sites excluding steroid dienone is 1. The van der Waals surface area contributed by atoms with Crippen LogP contribution in [0.3, 0.4) is 0 Å². The van der Waals surface area contributed by atoms with E-state index in [1.165, 1.54) is 51.4 Å². The highest BCUT2D eigenvalue weighted by atomic mass is 14.9. The maximum Gasteiger partial charge on any atom is 0.0102 e. The highest BCUT2D eigenvalue weighted by molar-refractivity contribution is 5.26. The van der Waals surface area contributed by atoms with Gasteiger partial charge in [0.05, 0.1) is 0 Å². The minimum atomic E-state index is 0.368. The molecule has 4 aliphatic rings. The Morgan fingerprint density at radius 3 is 2.62 bits per heavy atom. The number of hydrogen-bond donors (Lipinski definition) is 2. The Bertz CT molecular complexity index is 524. The smallest absolute Gasteiger partial charge is 0.0102 e. The van der Waals surface area contributed by atoms with Gasteiger partial charge in [-0.15, -0.1) is 0 Å². The summed E-state index contributed by atoms with van der Waals surface area (Å²) < 4.78 is 0. The standard InChI is InChI=1S/C22H38N2/c1-14(23)18-7-8-19-17-6-5-15-13-16(24-4)9-11-21(15,2)20(17)10-12-22(18,19)3/h5,14,16-20,24H,6-13,23H2,1-4H3/t14?,16-,17-,18+,19-,20-,21-,22+/m0/s1. The maximum absolute atomic E-state index is 6.40. The molecule has 0 aromatic heterocycles. The zero-order valence-electron chi connectivity index (χ0n) is 16.3. The van der Waals surface area contributed by atoms with Gasteiger partial charge in [-0.2, -0.15) is 0 Å². The van der Waals surface area contributed by atoms with Crippen molar-refractivity contribution in [2.75, 3.05) is 7.05 Å². The van der Waals surface area contributed by atoms with Gasteiger partial charge in [0.1, 0.15) is 0 Å². The first kappa shape index (κ1) is 17.1. The monoisotopic (exact) mass is 330 g/mol. The van der Waals surface area contributed by atoms with Crippen molar-refractivity contribution < 1.29 is 0 Å². The van der Waals surface area contributed by atoms with Crippen LogP contribution in [0.25, 0.3) is 0 Å². The Balaban J connectivity index is 1.62. The van der Waals surface area contributed by atoms with Crippen molar-refractivity contribution in [1.29, 1.82) is 0 Å². The molecule has 0 aromatic carbocycles. The zero-order chi connectivity index (χ0) is 17.1. The van der Waals surface area contributed by atoms with E-state index in [1.807, 2.05) is 0 Å². The summed E-state index contributed by atoms with van der Waals surface area (Å²) in [6, 6.07) is 1.08. The first-order valence-electron chi connectivity index (χ1n) is 10.5. The Morgan fingerprint density at radius 1 is 1.12 bits per heavy atom. The highest BCUT2D eigenvalue weighted by Gasteiger charge is 2.58. The topological polar surface area (TPSA) is 38.0 Å². The van der Waals surface area contributed by atoms with E-state index in [2.05, 4.69) is 39.2 Å². The predicted octanol–water partition coefficient (Wildman–Crippen LogP) is 4.50. The minimum Gasteiger partial charge on any atom is -0.328 e. The summed E-state index contributed by atoms with van der Waals surface area (Å²) in [5, 5.41) is 3.53. The van der Waals surface area contributed by atoms with Crippen LogP contribution < -0.4 is 11.1 Å². The van der Waals surface area contributed by atoms with Gasteiger partial charge in [-0.25, -0.2) is 0 Å². The number of nitrogens with one attached hydrogen (secondary N) is 1. The highest BCUT2D eigenvalue weighted by Crippen LogP contribution is 2.66. The molecule has 0 heterocycles. The van der Waals surface area contributed by atoms with Gasteiger partial charge in [0.15, 0.2) is 0 Å². The van der Waals surface area contributed by atoms with Crippen molar-refractivity contribution in [2.24, 2.45) is 40.2 Å². The fraction of sp³-hybridized carbons (Fsp3) is 0.909. The molecule has 24 heavy (non-hydrogen) atoms. The van der Waals surface area contributed by atoms with Crippen LogP contribution in [-0.4, -0.2) is 19.1 Å². The molecule has 2 nitrogen and oxygen atoms in total. The second-order valence-electron chi connectivity index (χ2n) is 10.1. The first-order chi connectivity index (χ1) is 11.4. The van der Waals surface area contributed by atoms with Crippen molar-refractivity contribution in [2.45, 2.75) is 84.2 Å². The number of rotatable bonds is 2. The van der Waals surface area contributed by atoms with Crippen molar-refractivity contribution in [3.63, 3.8) is 0 Å². The molecule has 0 aromatic rings. The van der Waals surface area contributed by atoms with Crippen LogP contribution in [-0.2, 0) is 0 Å². The van der Waals surface area contributed by atoms with E-state index >= 15 is 0 Å². The van der Waals surface area contributed by atoms with Gasteiger partial charge in [0.2, 0.25) is 0 Å². The summed E-state index contributed by atoms with van der Waals surface area (Å²) in [6.07, 6.45) is 13.7. The van der Waals surface area contributed by atoms with E-state index in [9.17, 15) is 0 Å². The van der Waals surface area contributed by atoms with Crippen molar-refractivity contribution >= 4 is 0 Å². The first-order valence-corrected chi connectivity index (χ1v) is 10.5. The normalized spacial score (nSPS) is 52.0. The summed E-state index contributed by atoms with van der Waals surface area (Å²) in [5.74, 6) is 3.53. The average molecular weight is 331 g/mol. The molecule has 4 rings (SSSR count). The van der Waals surface area contributed by atoms with Crippen molar-refractivity contribution in [1.82, 2.24) is 5.32 Å². The van der Waals surface area contributed by atoms with E-state index in [0.717, 1.165) is 23.7 Å². The zero-order valence-corrected chi connectivity index (χ0v) is 16.3. The second-order valence-corrected chi connectivity index (χ2v) is 10.1. The largest absolute Gasteiger partial charge is 0.328 e. The fourth-order valence-electron chi connectivity index (χ4n) is 7.81. The molecular weight excluding hydrogens is 292 g/mol. The van der Waals surface area contributed by atoms with Crippen LogP contribution in [0.4, 0.5) is 0 Å². The molecule has 0 spiro atoms. The average Bonchev–Trinajstić information content (AvgIpc) is 2.91. The van der Waals surface area contributed by atoms with E-state index in [4.69, 9.17) is 5.73 Å². The van der Waals surface area contributed by atoms with Crippen molar-refractivity contribution in [3.05, 3.63) is 11.6 Å². The quantitative estimate of drug-likeness (QED) is 0.732. The van der Waals surface area contributed by atoms with Crippen LogP contribution in [0.5, 0.6) is 0 Å². The summed E-state index contributed by atoms with van der Waals surface area (Å²) in [4.78, 5) is 0. The van der Waals surface area contributed by atoms with Gasteiger partial charge in [-0.05, 0) is 99.8 Å². The molecule has 2 heteroatoms. The molecule has 8 atom stereocenters. The number of hydrogen-bond acceptors (Lipinski definition) is 2. The summed E-state index contributed by atoms with van der Waals surface area (Å²) in [5.41, 5.74) is 9.20. The molecule has 3 saturated carbocycles. The Labute approximate surface area is 149 Å². The lowest BCUT2D eigenvalue weighted by atomic mass is 9.47. The number of fused-ring (bicyclic) bond motifs is 5. The lowest BCUT2D eigenvalue weighted by Gasteiger charge is -2.58. The predicted molar refractivity (Wildman–Crippen MR) is 102 cm³/mol. The van der Waals surface area contributed by atoms with Gasteiger partial charge in [-0.1, -0.05) is 25.5 Å². The SMILES string of the molecule is CN[C@H]1CC[C@@]2(C)C(=CC[C@H]3[C@@H]4CC[C@H](C(C)N)[C@@]4(C)CC[C@@H]32)C1. The third-order valence-electron chi connectivity index (χ3n) is 9.22. The summed E-state index contributed by atoms with van der Waals surface area (Å²) in [6.45, 7) is 7.46. The van der Waals surface area contributed by atoms with E-state index < -0.39 is 0 Å². The van der Waals surface area contributed by atoms with Gasteiger partial charge >= 0.3 is 0 Å². The summed E-state index contributed by atoms with van der Waals surface area (Å²) in [7, 11) is 2.14. The molecule has 0 saturated heterocycles. The molecule has 1 unspecified atom stereocenters. The second kappa shape index (κ2) is 5.84. The molecule has 0 radical (unpaired) electrons. The van der Waals surface area contributed by atoms with E-state index in [1.54, 1.807) is 5.57 Å². The van der Waals surface area contributed by atoms with Crippen LogP contribution >= 0.6 is 0 Å². The Kier molecular flexibility index (Phi) is 4.16. The molecule has 3 N–H and O–H groups in total. The molecule has 0 bridgehead atoms. The van der Waals surface area contributed by atoms with Gasteiger partial charge in [0, 0.05) is 12.1 Å². The van der Waals surface area contributed by atoms with E-state index in [0.29, 0.717) is 22.9 Å². The molecule has 0 aliphatic heterocycles. The fourth-order valence-corrected chi connectivity index (χ4v) is 7.81. The van der Waals surface area contributed by atoms with Gasteiger partial charge < -0.3 is 11.1 Å². The van der Waals surface area contributed by atoms with Gasteiger partial charge in [-0.3, -0.25) is 0 Å². The minimum absolute atomic E-state index is 0.368. The Morgan fingerprint density at radius 2 is 1.92 bits per heavy atom. The number of nitrogens with two attached hydrogens (primary N) is 1. The van der Waals surface area contributed by atoms with Crippen LogP contribution in [0, 0.1) is 34.5 Å². The lowest BCUT2D eigenvalue weighted by Crippen LogP contribution is -2.52. The summed E-state index contributed by atoms with van der Waals surface area (Å²) >= 11 is 0.